The highest BCUT2D eigenvalue weighted by Gasteiger charge is 2.28. The van der Waals surface area contributed by atoms with Crippen LogP contribution in [-0.4, -0.2) is 57.0 Å². The molecule has 0 aromatic carbocycles. The Hall–Kier alpha value is -0.160. The van der Waals surface area contributed by atoms with Crippen molar-refractivity contribution in [3.63, 3.8) is 0 Å². The van der Waals surface area contributed by atoms with E-state index in [-0.39, 0.29) is 6.04 Å². The third kappa shape index (κ3) is 4.07. The average molecular weight is 216 g/mol. The van der Waals surface area contributed by atoms with Gasteiger partial charge < -0.3 is 15.2 Å². The van der Waals surface area contributed by atoms with Crippen molar-refractivity contribution in [1.82, 2.24) is 4.90 Å². The standard InChI is InChI=1S/C11H24N2O2/c1-9-11(5-7-15-9)13(2)8-10(12)4-6-14-3/h9-11H,4-8,12H2,1-3H3. The van der Waals surface area contributed by atoms with Gasteiger partial charge in [-0.05, 0) is 26.8 Å². The average Bonchev–Trinajstić information content (AvgIpc) is 2.61. The zero-order valence-electron chi connectivity index (χ0n) is 10.1. The number of ether oxygens (including phenoxy) is 2. The first-order chi connectivity index (χ1) is 7.15. The van der Waals surface area contributed by atoms with E-state index in [0.29, 0.717) is 12.1 Å². The van der Waals surface area contributed by atoms with Crippen LogP contribution in [0, 0.1) is 0 Å². The largest absolute Gasteiger partial charge is 0.385 e. The van der Waals surface area contributed by atoms with Crippen molar-refractivity contribution in [1.29, 1.82) is 0 Å². The van der Waals surface area contributed by atoms with Crippen molar-refractivity contribution in [3.8, 4) is 0 Å². The Bertz CT molecular complexity index is 178. The van der Waals surface area contributed by atoms with Gasteiger partial charge in [-0.1, -0.05) is 0 Å². The number of methoxy groups -OCH3 is 1. The molecule has 90 valence electrons. The van der Waals surface area contributed by atoms with Crippen molar-refractivity contribution in [2.45, 2.75) is 38.0 Å². The molecule has 3 unspecified atom stereocenters. The van der Waals surface area contributed by atoms with E-state index in [0.717, 1.165) is 32.6 Å². The maximum Gasteiger partial charge on any atom is 0.0702 e. The summed E-state index contributed by atoms with van der Waals surface area (Å²) in [6, 6.07) is 0.723. The molecule has 15 heavy (non-hydrogen) atoms. The van der Waals surface area contributed by atoms with E-state index in [1.54, 1.807) is 7.11 Å². The first kappa shape index (κ1) is 12.9. The normalized spacial score (nSPS) is 28.6. The number of likely N-dealkylation sites (N-methyl/N-ethyl adjacent to an activating group) is 1. The number of hydrogen-bond donors (Lipinski definition) is 1. The third-order valence-electron chi connectivity index (χ3n) is 3.12. The molecule has 0 aliphatic carbocycles. The first-order valence-electron chi connectivity index (χ1n) is 5.71. The molecule has 1 heterocycles. The van der Waals surface area contributed by atoms with E-state index in [1.165, 1.54) is 0 Å². The Morgan fingerprint density at radius 3 is 2.87 bits per heavy atom. The monoisotopic (exact) mass is 216 g/mol. The van der Waals surface area contributed by atoms with Gasteiger partial charge >= 0.3 is 0 Å². The summed E-state index contributed by atoms with van der Waals surface area (Å²) in [5.41, 5.74) is 6.01. The summed E-state index contributed by atoms with van der Waals surface area (Å²) in [5, 5.41) is 0. The summed E-state index contributed by atoms with van der Waals surface area (Å²) < 4.78 is 10.6. The predicted octanol–water partition coefficient (Wildman–Crippen LogP) is 0.459. The van der Waals surface area contributed by atoms with Crippen LogP contribution < -0.4 is 5.73 Å². The highest BCUT2D eigenvalue weighted by atomic mass is 16.5. The lowest BCUT2D eigenvalue weighted by Gasteiger charge is -2.28. The van der Waals surface area contributed by atoms with Crippen LogP contribution in [0.15, 0.2) is 0 Å². The van der Waals surface area contributed by atoms with Gasteiger partial charge in [0.1, 0.15) is 0 Å². The van der Waals surface area contributed by atoms with E-state index in [9.17, 15) is 0 Å². The second-order valence-corrected chi connectivity index (χ2v) is 4.41. The maximum absolute atomic E-state index is 6.01. The fraction of sp³-hybridized carbons (Fsp3) is 1.00. The number of hydrogen-bond acceptors (Lipinski definition) is 4. The van der Waals surface area contributed by atoms with E-state index < -0.39 is 0 Å². The molecule has 1 aliphatic heterocycles. The second kappa shape index (κ2) is 6.43. The van der Waals surface area contributed by atoms with Gasteiger partial charge in [-0.2, -0.15) is 0 Å². The zero-order chi connectivity index (χ0) is 11.3. The number of rotatable bonds is 6. The van der Waals surface area contributed by atoms with Gasteiger partial charge in [0.25, 0.3) is 0 Å². The predicted molar refractivity (Wildman–Crippen MR) is 60.9 cm³/mol. The van der Waals surface area contributed by atoms with E-state index >= 15 is 0 Å². The molecule has 1 fully saturated rings. The molecule has 0 bridgehead atoms. The molecule has 1 rings (SSSR count). The molecule has 0 amide bonds. The Morgan fingerprint density at radius 1 is 1.60 bits per heavy atom. The molecule has 0 aromatic rings. The van der Waals surface area contributed by atoms with E-state index in [1.807, 2.05) is 0 Å². The molecular formula is C11H24N2O2. The van der Waals surface area contributed by atoms with Crippen LogP contribution in [0.4, 0.5) is 0 Å². The van der Waals surface area contributed by atoms with Crippen LogP contribution in [0.3, 0.4) is 0 Å². The van der Waals surface area contributed by atoms with Crippen LogP contribution in [0.2, 0.25) is 0 Å². The lowest BCUT2D eigenvalue weighted by Crippen LogP contribution is -2.44. The minimum absolute atomic E-state index is 0.197. The lowest BCUT2D eigenvalue weighted by molar-refractivity contribution is 0.0800. The van der Waals surface area contributed by atoms with Crippen LogP contribution >= 0.6 is 0 Å². The molecule has 0 spiro atoms. The van der Waals surface area contributed by atoms with Crippen molar-refractivity contribution >= 4 is 0 Å². The number of nitrogens with two attached hydrogens (primary N) is 1. The summed E-state index contributed by atoms with van der Waals surface area (Å²) in [7, 11) is 3.84. The fourth-order valence-electron chi connectivity index (χ4n) is 2.17. The van der Waals surface area contributed by atoms with Gasteiger partial charge in [-0.15, -0.1) is 0 Å². The maximum atomic E-state index is 6.01. The highest BCUT2D eigenvalue weighted by molar-refractivity contribution is 4.82. The van der Waals surface area contributed by atoms with E-state index in [4.69, 9.17) is 15.2 Å². The Morgan fingerprint density at radius 2 is 2.33 bits per heavy atom. The summed E-state index contributed by atoms with van der Waals surface area (Å²) >= 11 is 0. The molecule has 0 radical (unpaired) electrons. The van der Waals surface area contributed by atoms with Gasteiger partial charge in [0, 0.05) is 39.0 Å². The fourth-order valence-corrected chi connectivity index (χ4v) is 2.17. The molecule has 4 nitrogen and oxygen atoms in total. The van der Waals surface area contributed by atoms with Crippen molar-refractivity contribution in [2.24, 2.45) is 5.73 Å². The van der Waals surface area contributed by atoms with Crippen LogP contribution in [0.5, 0.6) is 0 Å². The SMILES string of the molecule is COCCC(N)CN(C)C1CCOC1C. The Kier molecular flexibility index (Phi) is 5.53. The minimum atomic E-state index is 0.197. The second-order valence-electron chi connectivity index (χ2n) is 4.41. The molecule has 3 atom stereocenters. The first-order valence-corrected chi connectivity index (χ1v) is 5.71. The smallest absolute Gasteiger partial charge is 0.0702 e. The van der Waals surface area contributed by atoms with Crippen molar-refractivity contribution < 1.29 is 9.47 Å². The number of nitrogens with zero attached hydrogens (tertiary/aromatic N) is 1. The molecule has 0 saturated carbocycles. The zero-order valence-corrected chi connectivity index (χ0v) is 10.1. The lowest BCUT2D eigenvalue weighted by atomic mass is 10.1. The molecule has 1 saturated heterocycles. The van der Waals surface area contributed by atoms with Crippen LogP contribution in [0.25, 0.3) is 0 Å². The van der Waals surface area contributed by atoms with Gasteiger partial charge in [0.2, 0.25) is 0 Å². The Balaban J connectivity index is 2.24. The quantitative estimate of drug-likeness (QED) is 0.701. The van der Waals surface area contributed by atoms with Gasteiger partial charge in [0.15, 0.2) is 0 Å². The van der Waals surface area contributed by atoms with Gasteiger partial charge in [-0.25, -0.2) is 0 Å². The van der Waals surface area contributed by atoms with Crippen molar-refractivity contribution in [3.05, 3.63) is 0 Å². The summed E-state index contributed by atoms with van der Waals surface area (Å²) in [6.07, 6.45) is 2.38. The van der Waals surface area contributed by atoms with E-state index in [2.05, 4.69) is 18.9 Å². The van der Waals surface area contributed by atoms with Crippen LogP contribution in [-0.2, 0) is 9.47 Å². The van der Waals surface area contributed by atoms with Crippen LogP contribution in [0.1, 0.15) is 19.8 Å². The topological polar surface area (TPSA) is 47.7 Å². The summed E-state index contributed by atoms with van der Waals surface area (Å²) in [5.74, 6) is 0. The molecular weight excluding hydrogens is 192 g/mol. The summed E-state index contributed by atoms with van der Waals surface area (Å²) in [6.45, 7) is 4.67. The molecule has 1 aliphatic rings. The Labute approximate surface area is 92.7 Å². The molecule has 4 heteroatoms. The highest BCUT2D eigenvalue weighted by Crippen LogP contribution is 2.18. The van der Waals surface area contributed by atoms with Gasteiger partial charge in [-0.3, -0.25) is 4.90 Å². The van der Waals surface area contributed by atoms with Gasteiger partial charge in [0.05, 0.1) is 6.10 Å². The van der Waals surface area contributed by atoms with Crippen molar-refractivity contribution in [2.75, 3.05) is 33.9 Å². The summed E-state index contributed by atoms with van der Waals surface area (Å²) in [4.78, 5) is 2.32. The third-order valence-corrected chi connectivity index (χ3v) is 3.12. The minimum Gasteiger partial charge on any atom is -0.385 e. The molecule has 2 N–H and O–H groups in total. The molecule has 0 aromatic heterocycles.